The highest BCUT2D eigenvalue weighted by Gasteiger charge is 2.56. The summed E-state index contributed by atoms with van der Waals surface area (Å²) in [6, 6.07) is 14.5. The Morgan fingerprint density at radius 2 is 1.58 bits per heavy atom. The van der Waals surface area contributed by atoms with E-state index in [0.29, 0.717) is 59.2 Å². The molecule has 0 unspecified atom stereocenters. The molecule has 11 heteroatoms. The molecule has 45 heavy (non-hydrogen) atoms. The number of hydrogen-bond donors (Lipinski definition) is 2. The van der Waals surface area contributed by atoms with Gasteiger partial charge in [0.15, 0.2) is 23.1 Å². The second-order valence-electron chi connectivity index (χ2n) is 11.6. The number of pyridine rings is 1. The molecule has 0 bridgehead atoms. The maximum absolute atomic E-state index is 15.2. The van der Waals surface area contributed by atoms with Gasteiger partial charge in [0.1, 0.15) is 17.0 Å². The van der Waals surface area contributed by atoms with Crippen molar-refractivity contribution in [2.45, 2.75) is 25.7 Å². The summed E-state index contributed by atoms with van der Waals surface area (Å²) in [4.78, 5) is 32.7. The number of fused-ring (bicyclic) bond motifs is 1. The van der Waals surface area contributed by atoms with Crippen molar-refractivity contribution in [3.63, 3.8) is 0 Å². The van der Waals surface area contributed by atoms with Crippen molar-refractivity contribution in [2.24, 2.45) is 11.3 Å². The number of nitrogens with one attached hydrogen (secondary N) is 2. The van der Waals surface area contributed by atoms with Crippen LogP contribution in [0.3, 0.4) is 0 Å². The molecule has 234 valence electrons. The Morgan fingerprint density at radius 3 is 2.24 bits per heavy atom. The number of ether oxygens (including phenoxy) is 3. The van der Waals surface area contributed by atoms with Gasteiger partial charge in [0.2, 0.25) is 11.8 Å². The number of hydrogen-bond acceptors (Lipinski definition) is 7. The summed E-state index contributed by atoms with van der Waals surface area (Å²) in [6.07, 6.45) is 4.41. The molecular weight excluding hydrogens is 582 g/mol. The van der Waals surface area contributed by atoms with Crippen molar-refractivity contribution in [3.05, 3.63) is 78.5 Å². The van der Waals surface area contributed by atoms with E-state index in [0.717, 1.165) is 32.0 Å². The summed E-state index contributed by atoms with van der Waals surface area (Å²) < 4.78 is 46.2. The lowest BCUT2D eigenvalue weighted by Gasteiger charge is -2.28. The second kappa shape index (κ2) is 12.7. The van der Waals surface area contributed by atoms with Crippen LogP contribution in [0.15, 0.2) is 66.9 Å². The molecule has 2 N–H and O–H groups in total. The number of amides is 2. The van der Waals surface area contributed by atoms with Crippen molar-refractivity contribution in [1.82, 2.24) is 9.88 Å². The van der Waals surface area contributed by atoms with Crippen molar-refractivity contribution in [3.8, 4) is 23.0 Å². The van der Waals surface area contributed by atoms with Gasteiger partial charge in [-0.1, -0.05) is 0 Å². The van der Waals surface area contributed by atoms with Crippen LogP contribution in [0.4, 0.5) is 20.2 Å². The third-order valence-corrected chi connectivity index (χ3v) is 8.43. The Bertz CT molecular complexity index is 1720. The van der Waals surface area contributed by atoms with Gasteiger partial charge < -0.3 is 29.7 Å². The van der Waals surface area contributed by atoms with E-state index in [1.165, 1.54) is 36.4 Å². The Hall–Kier alpha value is -4.77. The van der Waals surface area contributed by atoms with Crippen LogP contribution in [-0.2, 0) is 9.59 Å². The Kier molecular flexibility index (Phi) is 8.53. The third-order valence-electron chi connectivity index (χ3n) is 8.43. The zero-order valence-corrected chi connectivity index (χ0v) is 25.1. The summed E-state index contributed by atoms with van der Waals surface area (Å²) in [6.45, 7) is 2.68. The van der Waals surface area contributed by atoms with Gasteiger partial charge in [-0.2, -0.15) is 0 Å². The predicted molar refractivity (Wildman–Crippen MR) is 166 cm³/mol. The molecule has 2 amide bonds. The van der Waals surface area contributed by atoms with E-state index in [2.05, 4.69) is 27.6 Å². The minimum absolute atomic E-state index is 0.0581. The maximum Gasteiger partial charge on any atom is 0.240 e. The average Bonchev–Trinajstić information content (AvgIpc) is 3.85. The van der Waals surface area contributed by atoms with Crippen LogP contribution in [0.1, 0.15) is 25.7 Å². The van der Waals surface area contributed by atoms with Crippen LogP contribution in [-0.4, -0.2) is 55.6 Å². The van der Waals surface area contributed by atoms with Gasteiger partial charge in [0, 0.05) is 35.1 Å². The van der Waals surface area contributed by atoms with Crippen LogP contribution in [0, 0.1) is 23.0 Å². The maximum atomic E-state index is 15.2. The number of piperidine rings is 1. The molecule has 0 atom stereocenters. The third kappa shape index (κ3) is 6.68. The number of benzene rings is 3. The molecule has 9 nitrogen and oxygen atoms in total. The molecule has 1 aliphatic carbocycles. The highest BCUT2D eigenvalue weighted by atomic mass is 19.1. The lowest BCUT2D eigenvalue weighted by atomic mass is 9.98. The summed E-state index contributed by atoms with van der Waals surface area (Å²) in [5, 5.41) is 5.91. The first-order chi connectivity index (χ1) is 21.7. The number of methoxy groups -OCH3 is 1. The summed E-state index contributed by atoms with van der Waals surface area (Å²) in [7, 11) is 3.68. The van der Waals surface area contributed by atoms with E-state index in [9.17, 15) is 14.0 Å². The number of rotatable bonds is 10. The minimum atomic E-state index is -1.27. The van der Waals surface area contributed by atoms with Gasteiger partial charge in [0.05, 0.1) is 19.2 Å². The van der Waals surface area contributed by atoms with Crippen molar-refractivity contribution in [2.75, 3.05) is 44.5 Å². The standard InChI is InChI=1S/C34H34F2N4O5/c1-40-15-10-21(11-16-40)20-44-31-19-27-25(18-30(31)43-2)28(9-14-37-27)45-29-8-7-24(17-26(29)36)39-33(42)34(12-13-34)32(41)38-23-5-3-22(35)4-6-23/h3-9,14,17-19,21H,10-13,15-16,20H2,1-2H3,(H,38,41)(H,39,42). The van der Waals surface area contributed by atoms with Crippen LogP contribution >= 0.6 is 0 Å². The quantitative estimate of drug-likeness (QED) is 0.199. The number of nitrogens with zero attached hydrogens (tertiary/aromatic N) is 2. The molecule has 0 radical (unpaired) electrons. The highest BCUT2D eigenvalue weighted by molar-refractivity contribution is 6.16. The number of halogens is 2. The molecule has 2 heterocycles. The first kappa shape index (κ1) is 30.3. The molecule has 3 aromatic carbocycles. The summed E-state index contributed by atoms with van der Waals surface area (Å²) >= 11 is 0. The fraction of sp³-hybridized carbons (Fsp3) is 0.324. The van der Waals surface area contributed by atoms with Crippen molar-refractivity contribution in [1.29, 1.82) is 0 Å². The Balaban J connectivity index is 1.13. The molecule has 2 aliphatic rings. The first-order valence-electron chi connectivity index (χ1n) is 14.9. The second-order valence-corrected chi connectivity index (χ2v) is 11.6. The smallest absolute Gasteiger partial charge is 0.240 e. The van der Waals surface area contributed by atoms with Gasteiger partial charge in [-0.15, -0.1) is 0 Å². The largest absolute Gasteiger partial charge is 0.493 e. The van der Waals surface area contributed by atoms with E-state index in [-0.39, 0.29) is 11.4 Å². The molecule has 1 aromatic heterocycles. The lowest BCUT2D eigenvalue weighted by Crippen LogP contribution is -2.35. The van der Waals surface area contributed by atoms with Crippen LogP contribution in [0.25, 0.3) is 10.9 Å². The normalized spacial score (nSPS) is 16.2. The Morgan fingerprint density at radius 1 is 0.889 bits per heavy atom. The molecule has 4 aromatic rings. The number of carbonyl (C=O) groups is 2. The van der Waals surface area contributed by atoms with Gasteiger partial charge in [-0.3, -0.25) is 14.6 Å². The van der Waals surface area contributed by atoms with E-state index >= 15 is 4.39 Å². The van der Waals surface area contributed by atoms with E-state index in [1.54, 1.807) is 31.5 Å². The van der Waals surface area contributed by atoms with Gasteiger partial charge >= 0.3 is 0 Å². The molecule has 1 saturated heterocycles. The zero-order valence-electron chi connectivity index (χ0n) is 25.1. The molecule has 0 spiro atoms. The van der Waals surface area contributed by atoms with E-state index in [4.69, 9.17) is 14.2 Å². The zero-order chi connectivity index (χ0) is 31.6. The molecule has 6 rings (SSSR count). The first-order valence-corrected chi connectivity index (χ1v) is 14.9. The fourth-order valence-electron chi connectivity index (χ4n) is 5.42. The molecule has 1 aliphatic heterocycles. The van der Waals surface area contributed by atoms with Crippen LogP contribution < -0.4 is 24.8 Å². The van der Waals surface area contributed by atoms with Crippen LogP contribution in [0.5, 0.6) is 23.0 Å². The minimum Gasteiger partial charge on any atom is -0.493 e. The predicted octanol–water partition coefficient (Wildman–Crippen LogP) is 6.39. The van der Waals surface area contributed by atoms with Gasteiger partial charge in [0.25, 0.3) is 0 Å². The molecule has 2 fully saturated rings. The van der Waals surface area contributed by atoms with E-state index < -0.39 is 28.9 Å². The number of carbonyl (C=O) groups excluding carboxylic acids is 2. The van der Waals surface area contributed by atoms with E-state index in [1.807, 2.05) is 0 Å². The van der Waals surface area contributed by atoms with Gasteiger partial charge in [-0.05, 0) is 100 Å². The Labute approximate surface area is 259 Å². The summed E-state index contributed by atoms with van der Waals surface area (Å²) in [5.41, 5.74) is -0.112. The number of likely N-dealkylation sites (tertiary alicyclic amines) is 1. The van der Waals surface area contributed by atoms with Crippen molar-refractivity contribution < 1.29 is 32.6 Å². The highest BCUT2D eigenvalue weighted by Crippen LogP contribution is 2.47. The topological polar surface area (TPSA) is 102 Å². The lowest BCUT2D eigenvalue weighted by molar-refractivity contribution is -0.131. The summed E-state index contributed by atoms with van der Waals surface area (Å²) in [5.74, 6) is -0.308. The monoisotopic (exact) mass is 616 g/mol. The van der Waals surface area contributed by atoms with Crippen molar-refractivity contribution >= 4 is 34.1 Å². The van der Waals surface area contributed by atoms with Gasteiger partial charge in [-0.25, -0.2) is 8.78 Å². The molecular formula is C34H34F2N4O5. The number of anilines is 2. The van der Waals surface area contributed by atoms with Crippen LogP contribution in [0.2, 0.25) is 0 Å². The molecule has 1 saturated carbocycles. The number of aromatic nitrogens is 1. The average molecular weight is 617 g/mol. The fourth-order valence-corrected chi connectivity index (χ4v) is 5.42. The SMILES string of the molecule is COc1cc2c(Oc3ccc(NC(=O)C4(C(=O)Nc5ccc(F)cc5)CC4)cc3F)ccnc2cc1OCC1CCN(C)CC1.